The maximum Gasteiger partial charge on any atom is 0.273 e. The van der Waals surface area contributed by atoms with E-state index < -0.39 is 4.92 Å². The highest BCUT2D eigenvalue weighted by Gasteiger charge is 2.19. The molecule has 0 N–H and O–H groups in total. The summed E-state index contributed by atoms with van der Waals surface area (Å²) in [5.41, 5.74) is 0.245. The summed E-state index contributed by atoms with van der Waals surface area (Å²) in [6.07, 6.45) is 3.03. The molecule has 0 aliphatic carbocycles. The first kappa shape index (κ1) is 17.4. The minimum absolute atomic E-state index is 0.0941. The van der Waals surface area contributed by atoms with Crippen molar-refractivity contribution in [1.82, 2.24) is 4.90 Å². The van der Waals surface area contributed by atoms with Crippen LogP contribution in [0.2, 0.25) is 0 Å². The number of halogens is 1. The lowest BCUT2D eigenvalue weighted by molar-refractivity contribution is -0.384. The molecule has 0 saturated carbocycles. The quantitative estimate of drug-likeness (QED) is 0.309. The molecule has 0 aromatic heterocycles. The van der Waals surface area contributed by atoms with Crippen LogP contribution in [0.3, 0.4) is 0 Å². The van der Waals surface area contributed by atoms with Gasteiger partial charge >= 0.3 is 0 Å². The minimum atomic E-state index is -0.513. The van der Waals surface area contributed by atoms with Crippen molar-refractivity contribution < 1.29 is 14.5 Å². The molecule has 7 heteroatoms. The summed E-state index contributed by atoms with van der Waals surface area (Å²) >= 11 is 3.37. The lowest BCUT2D eigenvalue weighted by Crippen LogP contribution is -2.28. The molecule has 116 valence electrons. The lowest BCUT2D eigenvalue weighted by atomic mass is 10.1. The van der Waals surface area contributed by atoms with Crippen LogP contribution in [-0.4, -0.2) is 41.8 Å². The molecule has 1 rings (SSSR count). The number of nitrogens with zero attached hydrogens (tertiary/aromatic N) is 2. The summed E-state index contributed by atoms with van der Waals surface area (Å²) in [6.45, 7) is 0.645. The molecule has 21 heavy (non-hydrogen) atoms. The van der Waals surface area contributed by atoms with Crippen LogP contribution in [0, 0.1) is 10.1 Å². The van der Waals surface area contributed by atoms with Gasteiger partial charge in [0.15, 0.2) is 0 Å². The summed E-state index contributed by atoms with van der Waals surface area (Å²) < 4.78 is 5.09. The fraction of sp³-hybridized carbons (Fsp3) is 0.500. The number of methoxy groups -OCH3 is 1. The maximum absolute atomic E-state index is 12.3. The standard InChI is InChI=1S/C14H19BrN2O4/c1-16(9-5-3-4-8-15)14(18)12-7-6-11(17(19)20)10-13(12)21-2/h6-7,10H,3-5,8-9H2,1-2H3. The number of nitro groups is 1. The number of non-ortho nitro benzene ring substituents is 1. The maximum atomic E-state index is 12.3. The first-order valence-corrected chi connectivity index (χ1v) is 7.77. The second-order valence-electron chi connectivity index (χ2n) is 4.62. The Morgan fingerprint density at radius 3 is 2.67 bits per heavy atom. The smallest absolute Gasteiger partial charge is 0.273 e. The van der Waals surface area contributed by atoms with Crippen molar-refractivity contribution >= 4 is 27.5 Å². The molecule has 0 unspecified atom stereocenters. The van der Waals surface area contributed by atoms with Gasteiger partial charge in [-0.25, -0.2) is 0 Å². The Kier molecular flexibility index (Phi) is 7.14. The Labute approximate surface area is 132 Å². The van der Waals surface area contributed by atoms with Crippen LogP contribution in [0.15, 0.2) is 18.2 Å². The number of ether oxygens (including phenoxy) is 1. The third-order valence-electron chi connectivity index (χ3n) is 3.10. The first-order chi connectivity index (χ1) is 10.0. The van der Waals surface area contributed by atoms with Gasteiger partial charge in [-0.15, -0.1) is 0 Å². The number of alkyl halides is 1. The van der Waals surface area contributed by atoms with Crippen LogP contribution in [0.25, 0.3) is 0 Å². The van der Waals surface area contributed by atoms with Gasteiger partial charge in [0, 0.05) is 25.0 Å². The van der Waals surface area contributed by atoms with Crippen LogP contribution in [0.5, 0.6) is 5.75 Å². The first-order valence-electron chi connectivity index (χ1n) is 6.65. The van der Waals surface area contributed by atoms with E-state index in [-0.39, 0.29) is 17.3 Å². The van der Waals surface area contributed by atoms with Gasteiger partial charge in [0.2, 0.25) is 0 Å². The molecule has 0 fully saturated rings. The van der Waals surface area contributed by atoms with Crippen molar-refractivity contribution in [3.63, 3.8) is 0 Å². The molecule has 1 aromatic carbocycles. The van der Waals surface area contributed by atoms with Gasteiger partial charge in [-0.1, -0.05) is 22.4 Å². The molecule has 0 heterocycles. The average molecular weight is 359 g/mol. The second-order valence-corrected chi connectivity index (χ2v) is 5.41. The topological polar surface area (TPSA) is 72.7 Å². The van der Waals surface area contributed by atoms with E-state index in [1.54, 1.807) is 11.9 Å². The van der Waals surface area contributed by atoms with E-state index in [9.17, 15) is 14.9 Å². The summed E-state index contributed by atoms with van der Waals surface area (Å²) in [5.74, 6) is 0.0297. The highest BCUT2D eigenvalue weighted by Crippen LogP contribution is 2.25. The van der Waals surface area contributed by atoms with Crippen molar-refractivity contribution in [2.24, 2.45) is 0 Å². The largest absolute Gasteiger partial charge is 0.496 e. The summed E-state index contributed by atoms with van der Waals surface area (Å²) in [6, 6.07) is 4.02. The second kappa shape index (κ2) is 8.61. The van der Waals surface area contributed by atoms with Crippen molar-refractivity contribution in [3.8, 4) is 5.75 Å². The van der Waals surface area contributed by atoms with Gasteiger partial charge < -0.3 is 9.64 Å². The van der Waals surface area contributed by atoms with Gasteiger partial charge in [0.05, 0.1) is 23.7 Å². The Balaban J connectivity index is 2.79. The van der Waals surface area contributed by atoms with Crippen LogP contribution in [0.4, 0.5) is 5.69 Å². The molecular weight excluding hydrogens is 340 g/mol. The van der Waals surface area contributed by atoms with Crippen molar-refractivity contribution in [3.05, 3.63) is 33.9 Å². The number of amides is 1. The lowest BCUT2D eigenvalue weighted by Gasteiger charge is -2.18. The number of nitro benzene ring substituents is 1. The van der Waals surface area contributed by atoms with Gasteiger partial charge in [-0.3, -0.25) is 14.9 Å². The van der Waals surface area contributed by atoms with E-state index in [2.05, 4.69) is 15.9 Å². The van der Waals surface area contributed by atoms with E-state index >= 15 is 0 Å². The van der Waals surface area contributed by atoms with E-state index in [0.29, 0.717) is 12.1 Å². The Bertz CT molecular complexity index is 508. The van der Waals surface area contributed by atoms with E-state index in [4.69, 9.17) is 4.74 Å². The fourth-order valence-electron chi connectivity index (χ4n) is 1.90. The summed E-state index contributed by atoms with van der Waals surface area (Å²) in [5, 5.41) is 11.7. The number of hydrogen-bond acceptors (Lipinski definition) is 4. The summed E-state index contributed by atoms with van der Waals surface area (Å²) in [7, 11) is 3.11. The highest BCUT2D eigenvalue weighted by molar-refractivity contribution is 9.09. The molecule has 0 saturated heterocycles. The van der Waals surface area contributed by atoms with Crippen LogP contribution < -0.4 is 4.74 Å². The molecule has 1 amide bonds. The number of rotatable bonds is 8. The molecule has 0 aliphatic heterocycles. The zero-order valence-electron chi connectivity index (χ0n) is 12.2. The monoisotopic (exact) mass is 358 g/mol. The van der Waals surface area contributed by atoms with Crippen molar-refractivity contribution in [1.29, 1.82) is 0 Å². The predicted molar refractivity (Wildman–Crippen MR) is 84.3 cm³/mol. The molecule has 0 spiro atoms. The SMILES string of the molecule is COc1cc([N+](=O)[O-])ccc1C(=O)N(C)CCCCCBr. The predicted octanol–water partition coefficient (Wildman–Crippen LogP) is 3.24. The number of carbonyl (C=O) groups is 1. The Hall–Kier alpha value is -1.63. The number of unbranched alkanes of at least 4 members (excludes halogenated alkanes) is 2. The average Bonchev–Trinajstić information content (AvgIpc) is 2.49. The van der Waals surface area contributed by atoms with E-state index in [1.165, 1.54) is 25.3 Å². The summed E-state index contributed by atoms with van der Waals surface area (Å²) in [4.78, 5) is 24.2. The molecule has 1 aromatic rings. The van der Waals surface area contributed by atoms with E-state index in [0.717, 1.165) is 24.6 Å². The Morgan fingerprint density at radius 2 is 2.10 bits per heavy atom. The van der Waals surface area contributed by atoms with Crippen molar-refractivity contribution in [2.75, 3.05) is 26.0 Å². The van der Waals surface area contributed by atoms with Crippen LogP contribution in [-0.2, 0) is 0 Å². The van der Waals surface area contributed by atoms with Gasteiger partial charge in [-0.2, -0.15) is 0 Å². The molecule has 0 radical (unpaired) electrons. The highest BCUT2D eigenvalue weighted by atomic mass is 79.9. The molecule has 0 bridgehead atoms. The number of benzene rings is 1. The normalized spacial score (nSPS) is 10.2. The van der Waals surface area contributed by atoms with E-state index in [1.807, 2.05) is 0 Å². The number of carbonyl (C=O) groups excluding carboxylic acids is 1. The fourth-order valence-corrected chi connectivity index (χ4v) is 2.29. The minimum Gasteiger partial charge on any atom is -0.496 e. The van der Waals surface area contributed by atoms with Gasteiger partial charge in [0.1, 0.15) is 5.75 Å². The third kappa shape index (κ3) is 5.00. The third-order valence-corrected chi connectivity index (χ3v) is 3.66. The van der Waals surface area contributed by atoms with Crippen LogP contribution >= 0.6 is 15.9 Å². The molecule has 0 aliphatic rings. The Morgan fingerprint density at radius 1 is 1.38 bits per heavy atom. The molecule has 0 atom stereocenters. The molecular formula is C14H19BrN2O4. The van der Waals surface area contributed by atoms with Gasteiger partial charge in [0.25, 0.3) is 11.6 Å². The van der Waals surface area contributed by atoms with Crippen LogP contribution in [0.1, 0.15) is 29.6 Å². The number of hydrogen-bond donors (Lipinski definition) is 0. The van der Waals surface area contributed by atoms with Gasteiger partial charge in [-0.05, 0) is 18.9 Å². The zero-order valence-corrected chi connectivity index (χ0v) is 13.8. The molecule has 6 nitrogen and oxygen atoms in total. The van der Waals surface area contributed by atoms with Crippen molar-refractivity contribution in [2.45, 2.75) is 19.3 Å². The zero-order chi connectivity index (χ0) is 15.8.